The number of anilines is 2. The smallest absolute Gasteiger partial charge is 0.255 e. The van der Waals surface area contributed by atoms with Crippen molar-refractivity contribution in [1.82, 2.24) is 0 Å². The lowest BCUT2D eigenvalue weighted by atomic mass is 10.1. The highest BCUT2D eigenvalue weighted by molar-refractivity contribution is 6.44. The number of nitrogens with one attached hydrogen (secondary N) is 2. The third-order valence-corrected chi connectivity index (χ3v) is 5.42. The minimum atomic E-state index is -0.431. The maximum Gasteiger partial charge on any atom is 0.255 e. The molecule has 3 rings (SSSR count). The van der Waals surface area contributed by atoms with Gasteiger partial charge in [-0.3, -0.25) is 9.59 Å². The normalized spacial score (nSPS) is 10.4. The number of benzene rings is 3. The Labute approximate surface area is 181 Å². The van der Waals surface area contributed by atoms with Crippen LogP contribution in [0.15, 0.2) is 60.7 Å². The molecule has 0 aliphatic carbocycles. The molecule has 0 saturated heterocycles. The van der Waals surface area contributed by atoms with Gasteiger partial charge in [0.25, 0.3) is 11.8 Å². The molecule has 2 N–H and O–H groups in total. The second-order valence-corrected chi connectivity index (χ2v) is 7.26. The largest absolute Gasteiger partial charge is 0.321 e. The summed E-state index contributed by atoms with van der Waals surface area (Å²) in [7, 11) is 0. The van der Waals surface area contributed by atoms with Gasteiger partial charge in [0.15, 0.2) is 0 Å². The van der Waals surface area contributed by atoms with Crippen molar-refractivity contribution in [1.29, 1.82) is 0 Å². The Hall–Kier alpha value is -2.24. The van der Waals surface area contributed by atoms with Crippen LogP contribution in [0, 0.1) is 0 Å². The van der Waals surface area contributed by atoms with Crippen LogP contribution in [-0.2, 0) is 0 Å². The zero-order chi connectivity index (χ0) is 20.3. The Morgan fingerprint density at radius 3 is 1.43 bits per heavy atom. The van der Waals surface area contributed by atoms with Crippen LogP contribution < -0.4 is 10.6 Å². The number of hydrogen-bond acceptors (Lipinski definition) is 2. The Balaban J connectivity index is 1.79. The van der Waals surface area contributed by atoms with Crippen molar-refractivity contribution in [2.24, 2.45) is 0 Å². The molecule has 0 heterocycles. The minimum Gasteiger partial charge on any atom is -0.321 e. The third-order valence-electron chi connectivity index (χ3n) is 3.79. The zero-order valence-electron chi connectivity index (χ0n) is 14.1. The van der Waals surface area contributed by atoms with E-state index in [9.17, 15) is 9.59 Å². The van der Waals surface area contributed by atoms with Crippen molar-refractivity contribution < 1.29 is 9.59 Å². The van der Waals surface area contributed by atoms with Gasteiger partial charge in [-0.1, -0.05) is 64.6 Å². The molecule has 0 spiro atoms. The first-order valence-corrected chi connectivity index (χ1v) is 9.49. The molecule has 0 fully saturated rings. The number of amides is 2. The molecule has 0 aliphatic heterocycles. The van der Waals surface area contributed by atoms with Crippen molar-refractivity contribution in [2.45, 2.75) is 0 Å². The van der Waals surface area contributed by atoms with Gasteiger partial charge >= 0.3 is 0 Å². The quantitative estimate of drug-likeness (QED) is 0.456. The highest BCUT2D eigenvalue weighted by Crippen LogP contribution is 2.31. The molecule has 0 aromatic heterocycles. The van der Waals surface area contributed by atoms with Crippen LogP contribution in [0.5, 0.6) is 0 Å². The van der Waals surface area contributed by atoms with Crippen molar-refractivity contribution >= 4 is 69.6 Å². The Morgan fingerprint density at radius 2 is 1.00 bits per heavy atom. The minimum absolute atomic E-state index is 0.238. The molecule has 142 valence electrons. The summed E-state index contributed by atoms with van der Waals surface area (Å²) in [6.07, 6.45) is 0. The molecule has 3 aromatic rings. The molecule has 4 nitrogen and oxygen atoms in total. The Bertz CT molecular complexity index is 989. The van der Waals surface area contributed by atoms with Crippen LogP contribution in [0.4, 0.5) is 11.4 Å². The van der Waals surface area contributed by atoms with Gasteiger partial charge in [-0.25, -0.2) is 0 Å². The van der Waals surface area contributed by atoms with Gasteiger partial charge in [-0.15, -0.1) is 0 Å². The Kier molecular flexibility index (Phi) is 6.47. The topological polar surface area (TPSA) is 58.2 Å². The SMILES string of the molecule is O=C(Nc1cccc(Cl)c1Cl)c1cccc(C(=O)Nc2cccc(Cl)c2Cl)c1. The van der Waals surface area contributed by atoms with Gasteiger partial charge in [-0.2, -0.15) is 0 Å². The zero-order valence-corrected chi connectivity index (χ0v) is 17.1. The summed E-state index contributed by atoms with van der Waals surface area (Å²) in [6, 6.07) is 16.0. The molecule has 0 aliphatic rings. The van der Waals surface area contributed by atoms with E-state index in [2.05, 4.69) is 10.6 Å². The number of rotatable bonds is 4. The fraction of sp³-hybridized carbons (Fsp3) is 0. The monoisotopic (exact) mass is 452 g/mol. The van der Waals surface area contributed by atoms with E-state index in [1.54, 1.807) is 54.6 Å². The molecule has 3 aromatic carbocycles. The van der Waals surface area contributed by atoms with E-state index in [0.717, 1.165) is 0 Å². The van der Waals surface area contributed by atoms with Gasteiger partial charge in [-0.05, 0) is 42.5 Å². The molecule has 0 unspecified atom stereocenters. The van der Waals surface area contributed by atoms with Gasteiger partial charge < -0.3 is 10.6 Å². The van der Waals surface area contributed by atoms with Crippen molar-refractivity contribution in [3.05, 3.63) is 91.9 Å². The molecule has 0 saturated carbocycles. The second-order valence-electron chi connectivity index (χ2n) is 5.69. The Morgan fingerprint density at radius 1 is 0.607 bits per heavy atom. The lowest BCUT2D eigenvalue weighted by Crippen LogP contribution is -2.16. The summed E-state index contributed by atoms with van der Waals surface area (Å²) in [5, 5.41) is 6.47. The first kappa shape index (κ1) is 20.5. The van der Waals surface area contributed by atoms with Gasteiger partial charge in [0.1, 0.15) is 0 Å². The lowest BCUT2D eigenvalue weighted by molar-refractivity contribution is 0.102. The summed E-state index contributed by atoms with van der Waals surface area (Å²) >= 11 is 24.1. The number of halogens is 4. The number of carbonyl (C=O) groups is 2. The summed E-state index contributed by atoms with van der Waals surface area (Å²) in [4.78, 5) is 25.1. The lowest BCUT2D eigenvalue weighted by Gasteiger charge is -2.10. The maximum atomic E-state index is 12.5. The van der Waals surface area contributed by atoms with Gasteiger partial charge in [0.05, 0.1) is 31.5 Å². The van der Waals surface area contributed by atoms with E-state index >= 15 is 0 Å². The van der Waals surface area contributed by atoms with E-state index in [1.807, 2.05) is 0 Å². The molecule has 0 atom stereocenters. The molecule has 2 amide bonds. The average Bonchev–Trinajstić information content (AvgIpc) is 2.69. The van der Waals surface area contributed by atoms with Crippen LogP contribution in [0.2, 0.25) is 20.1 Å². The molecule has 0 bridgehead atoms. The molecule has 28 heavy (non-hydrogen) atoms. The van der Waals surface area contributed by atoms with E-state index in [4.69, 9.17) is 46.4 Å². The first-order chi connectivity index (χ1) is 13.4. The van der Waals surface area contributed by atoms with Gasteiger partial charge in [0.2, 0.25) is 0 Å². The van der Waals surface area contributed by atoms with Crippen molar-refractivity contribution in [2.75, 3.05) is 10.6 Å². The van der Waals surface area contributed by atoms with Crippen LogP contribution in [0.25, 0.3) is 0 Å². The maximum absolute atomic E-state index is 12.5. The van der Waals surface area contributed by atoms with E-state index < -0.39 is 11.8 Å². The van der Waals surface area contributed by atoms with Crippen LogP contribution in [-0.4, -0.2) is 11.8 Å². The molecule has 0 radical (unpaired) electrons. The second kappa shape index (κ2) is 8.84. The third kappa shape index (κ3) is 4.59. The van der Waals surface area contributed by atoms with Gasteiger partial charge in [0, 0.05) is 11.1 Å². The summed E-state index contributed by atoms with van der Waals surface area (Å²) in [6.45, 7) is 0. The van der Waals surface area contributed by atoms with Crippen molar-refractivity contribution in [3.63, 3.8) is 0 Å². The summed E-state index contributed by atoms with van der Waals surface area (Å²) in [5.41, 5.74) is 1.31. The predicted octanol–water partition coefficient (Wildman–Crippen LogP) is 6.80. The molecular formula is C20H12Cl4N2O2. The fourth-order valence-corrected chi connectivity index (χ4v) is 3.09. The number of carbonyl (C=O) groups excluding carboxylic acids is 2. The van der Waals surface area contributed by atoms with Crippen LogP contribution in [0.1, 0.15) is 20.7 Å². The van der Waals surface area contributed by atoms with E-state index in [1.165, 1.54) is 6.07 Å². The van der Waals surface area contributed by atoms with Crippen LogP contribution in [0.3, 0.4) is 0 Å². The van der Waals surface area contributed by atoms with E-state index in [0.29, 0.717) is 21.4 Å². The first-order valence-electron chi connectivity index (χ1n) is 7.97. The number of hydrogen-bond donors (Lipinski definition) is 2. The van der Waals surface area contributed by atoms with Crippen LogP contribution >= 0.6 is 46.4 Å². The fourth-order valence-electron chi connectivity index (χ4n) is 2.39. The standard InChI is InChI=1S/C20H12Cl4N2O2/c21-13-6-2-8-15(17(13)23)25-19(27)11-4-1-5-12(10-11)20(28)26-16-9-3-7-14(22)18(16)24/h1-10H,(H,25,27)(H,26,28). The predicted molar refractivity (Wildman–Crippen MR) is 115 cm³/mol. The average molecular weight is 454 g/mol. The highest BCUT2D eigenvalue weighted by Gasteiger charge is 2.14. The van der Waals surface area contributed by atoms with E-state index in [-0.39, 0.29) is 21.2 Å². The highest BCUT2D eigenvalue weighted by atomic mass is 35.5. The summed E-state index contributed by atoms with van der Waals surface area (Å²) < 4.78 is 0. The van der Waals surface area contributed by atoms with Crippen molar-refractivity contribution in [3.8, 4) is 0 Å². The molecular weight excluding hydrogens is 442 g/mol. The summed E-state index contributed by atoms with van der Waals surface area (Å²) in [5.74, 6) is -0.862. The molecule has 8 heteroatoms.